The third-order valence-electron chi connectivity index (χ3n) is 5.28. The number of benzene rings is 2. The highest BCUT2D eigenvalue weighted by atomic mass is 35.5. The van der Waals surface area contributed by atoms with E-state index in [0.717, 1.165) is 5.56 Å². The number of rotatable bonds is 2. The lowest BCUT2D eigenvalue weighted by molar-refractivity contribution is 0.101. The Bertz CT molecular complexity index is 1500. The topological polar surface area (TPSA) is 105 Å². The van der Waals surface area contributed by atoms with Crippen LogP contribution in [-0.4, -0.2) is 31.3 Å². The van der Waals surface area contributed by atoms with Gasteiger partial charge in [-0.25, -0.2) is 0 Å². The lowest BCUT2D eigenvalue weighted by Crippen LogP contribution is -2.16. The normalized spacial score (nSPS) is 12.3. The van der Waals surface area contributed by atoms with Crippen LogP contribution in [-0.2, 0) is 0 Å². The Kier molecular flexibility index (Phi) is 4.93. The van der Waals surface area contributed by atoms with E-state index in [-0.39, 0.29) is 66.5 Å². The summed E-state index contributed by atoms with van der Waals surface area (Å²) in [7, 11) is 0. The standard InChI is InChI=1S/C23H13Cl3N2O5/c1-9-2-4-11(15(30)6-9)20(31)14-8-13(24)23-28(14)19-17(25)22(26)27-18(19)21(32)12-5-3-10(29)7-16(12)33-23/h2-8,27,29-30H,1H3. The summed E-state index contributed by atoms with van der Waals surface area (Å²) >= 11 is 19.1. The second-order valence-electron chi connectivity index (χ2n) is 7.46. The number of ketones is 2. The fourth-order valence-corrected chi connectivity index (χ4v) is 4.39. The molecular formula is C23H13Cl3N2O5. The molecule has 3 N–H and O–H groups in total. The zero-order valence-corrected chi connectivity index (χ0v) is 19.0. The van der Waals surface area contributed by atoms with Gasteiger partial charge in [-0.2, -0.15) is 0 Å². The summed E-state index contributed by atoms with van der Waals surface area (Å²) in [6, 6.07) is 9.94. The fraction of sp³-hybridized carbons (Fsp3) is 0.0435. The summed E-state index contributed by atoms with van der Waals surface area (Å²) in [5.74, 6) is -1.48. The lowest BCUT2D eigenvalue weighted by Gasteiger charge is -2.19. The van der Waals surface area contributed by atoms with Gasteiger partial charge in [0.1, 0.15) is 38.1 Å². The second-order valence-corrected chi connectivity index (χ2v) is 8.62. The average molecular weight is 504 g/mol. The van der Waals surface area contributed by atoms with Gasteiger partial charge < -0.3 is 19.9 Å². The SMILES string of the molecule is Cc1ccc(C(=O)c2cc(Cl)c3n2-c2c([nH]c(Cl)c2Cl)C(=O)c2ccc(O)cc2O3)c(O)c1. The number of halogens is 3. The minimum atomic E-state index is -0.590. The van der Waals surface area contributed by atoms with E-state index in [4.69, 9.17) is 39.5 Å². The first-order valence-corrected chi connectivity index (χ1v) is 10.7. The van der Waals surface area contributed by atoms with Crippen LogP contribution in [0.2, 0.25) is 15.2 Å². The number of aromatic amines is 1. The van der Waals surface area contributed by atoms with Gasteiger partial charge >= 0.3 is 0 Å². The van der Waals surface area contributed by atoms with Crippen molar-refractivity contribution in [3.8, 4) is 28.8 Å². The number of aryl methyl sites for hydroxylation is 1. The van der Waals surface area contributed by atoms with Crippen LogP contribution in [0.5, 0.6) is 23.1 Å². The maximum Gasteiger partial charge on any atom is 0.224 e. The highest BCUT2D eigenvalue weighted by molar-refractivity contribution is 6.43. The first kappa shape index (κ1) is 21.5. The van der Waals surface area contributed by atoms with Gasteiger partial charge in [0.2, 0.25) is 17.4 Å². The number of carbonyl (C=O) groups excluding carboxylic acids is 2. The Morgan fingerprint density at radius 3 is 2.55 bits per heavy atom. The molecule has 33 heavy (non-hydrogen) atoms. The first-order valence-electron chi connectivity index (χ1n) is 9.55. The highest BCUT2D eigenvalue weighted by Gasteiger charge is 2.34. The molecule has 166 valence electrons. The van der Waals surface area contributed by atoms with Crippen molar-refractivity contribution in [2.45, 2.75) is 6.92 Å². The van der Waals surface area contributed by atoms with Crippen LogP contribution in [0.15, 0.2) is 42.5 Å². The highest BCUT2D eigenvalue weighted by Crippen LogP contribution is 2.45. The molecule has 10 heteroatoms. The van der Waals surface area contributed by atoms with E-state index in [1.807, 2.05) is 0 Å². The molecule has 0 saturated heterocycles. The van der Waals surface area contributed by atoms with E-state index in [1.165, 1.54) is 41.0 Å². The molecule has 5 rings (SSSR count). The predicted molar refractivity (Wildman–Crippen MR) is 123 cm³/mol. The smallest absolute Gasteiger partial charge is 0.224 e. The molecule has 0 bridgehead atoms. The molecule has 0 aliphatic carbocycles. The van der Waals surface area contributed by atoms with E-state index >= 15 is 0 Å². The van der Waals surface area contributed by atoms with Crippen LogP contribution in [0.25, 0.3) is 5.69 Å². The number of phenols is 2. The van der Waals surface area contributed by atoms with Crippen molar-refractivity contribution in [2.24, 2.45) is 0 Å². The molecule has 0 unspecified atom stereocenters. The molecule has 0 radical (unpaired) electrons. The van der Waals surface area contributed by atoms with Gasteiger partial charge in [0.15, 0.2) is 0 Å². The number of hydrogen-bond acceptors (Lipinski definition) is 5. The Balaban J connectivity index is 1.84. The Hall–Kier alpha value is -3.39. The summed E-state index contributed by atoms with van der Waals surface area (Å²) in [4.78, 5) is 29.6. The Labute approximate surface area is 201 Å². The maximum atomic E-state index is 13.5. The monoisotopic (exact) mass is 502 g/mol. The number of aromatic hydroxyl groups is 2. The van der Waals surface area contributed by atoms with Crippen molar-refractivity contribution >= 4 is 46.4 Å². The van der Waals surface area contributed by atoms with Crippen molar-refractivity contribution in [1.29, 1.82) is 0 Å². The number of carbonyl (C=O) groups is 2. The third kappa shape index (κ3) is 3.28. The number of nitrogens with one attached hydrogen (secondary N) is 1. The summed E-state index contributed by atoms with van der Waals surface area (Å²) in [5, 5.41) is 20.3. The molecule has 1 aliphatic rings. The third-order valence-corrected chi connectivity index (χ3v) is 6.30. The van der Waals surface area contributed by atoms with Crippen molar-refractivity contribution < 1.29 is 24.5 Å². The minimum Gasteiger partial charge on any atom is -0.508 e. The predicted octanol–water partition coefficient (Wildman–Crippen LogP) is 6.05. The summed E-state index contributed by atoms with van der Waals surface area (Å²) in [5.41, 5.74) is 0.947. The van der Waals surface area contributed by atoms with Crippen LogP contribution < -0.4 is 4.74 Å². The molecule has 2 aromatic heterocycles. The van der Waals surface area contributed by atoms with Crippen molar-refractivity contribution in [2.75, 3.05) is 0 Å². The fourth-order valence-electron chi connectivity index (χ4n) is 3.75. The number of hydrogen-bond donors (Lipinski definition) is 3. The van der Waals surface area contributed by atoms with Gasteiger partial charge in [-0.1, -0.05) is 40.9 Å². The van der Waals surface area contributed by atoms with Crippen molar-refractivity contribution in [3.63, 3.8) is 0 Å². The molecule has 0 amide bonds. The number of ether oxygens (including phenoxy) is 1. The number of H-pyrrole nitrogens is 1. The maximum absolute atomic E-state index is 13.5. The summed E-state index contributed by atoms with van der Waals surface area (Å²) in [6.45, 7) is 1.78. The van der Waals surface area contributed by atoms with Gasteiger partial charge in [0, 0.05) is 6.07 Å². The zero-order chi connectivity index (χ0) is 23.6. The summed E-state index contributed by atoms with van der Waals surface area (Å²) < 4.78 is 7.19. The number of nitrogens with zero attached hydrogens (tertiary/aromatic N) is 1. The average Bonchev–Trinajstić information content (AvgIpc) is 3.22. The summed E-state index contributed by atoms with van der Waals surface area (Å²) in [6.07, 6.45) is 0. The largest absolute Gasteiger partial charge is 0.508 e. The lowest BCUT2D eigenvalue weighted by atomic mass is 10.0. The molecular weight excluding hydrogens is 491 g/mol. The van der Waals surface area contributed by atoms with Crippen LogP contribution >= 0.6 is 34.8 Å². The Morgan fingerprint density at radius 2 is 1.82 bits per heavy atom. The van der Waals surface area contributed by atoms with Gasteiger partial charge in [0.05, 0.1) is 22.5 Å². The number of phenolic OH excluding ortho intramolecular Hbond substituents is 2. The molecule has 4 aromatic rings. The molecule has 0 atom stereocenters. The quantitative estimate of drug-likeness (QED) is 0.254. The van der Waals surface area contributed by atoms with E-state index in [1.54, 1.807) is 13.0 Å². The van der Waals surface area contributed by atoms with E-state index in [0.29, 0.717) is 0 Å². The van der Waals surface area contributed by atoms with E-state index in [2.05, 4.69) is 4.98 Å². The molecule has 0 saturated carbocycles. The molecule has 1 aliphatic heterocycles. The van der Waals surface area contributed by atoms with Crippen molar-refractivity contribution in [1.82, 2.24) is 9.55 Å². The van der Waals surface area contributed by atoms with Gasteiger partial charge in [-0.05, 0) is 42.8 Å². The Morgan fingerprint density at radius 1 is 1.06 bits per heavy atom. The van der Waals surface area contributed by atoms with Crippen LogP contribution in [0.4, 0.5) is 0 Å². The van der Waals surface area contributed by atoms with Crippen LogP contribution in [0.1, 0.15) is 37.7 Å². The number of fused-ring (bicyclic) bond motifs is 4. The molecule has 0 fully saturated rings. The molecule has 3 heterocycles. The second kappa shape index (κ2) is 7.59. The van der Waals surface area contributed by atoms with Crippen LogP contribution in [0.3, 0.4) is 0 Å². The van der Waals surface area contributed by atoms with Gasteiger partial charge in [0.25, 0.3) is 0 Å². The molecule has 2 aromatic carbocycles. The van der Waals surface area contributed by atoms with Gasteiger partial charge in [-0.15, -0.1) is 0 Å². The minimum absolute atomic E-state index is 0.00376. The van der Waals surface area contributed by atoms with Crippen molar-refractivity contribution in [3.05, 3.63) is 85.7 Å². The van der Waals surface area contributed by atoms with Gasteiger partial charge in [-0.3, -0.25) is 14.2 Å². The van der Waals surface area contributed by atoms with E-state index in [9.17, 15) is 19.8 Å². The number of aromatic nitrogens is 2. The zero-order valence-electron chi connectivity index (χ0n) is 16.7. The van der Waals surface area contributed by atoms with Crippen LogP contribution in [0, 0.1) is 6.92 Å². The first-order chi connectivity index (χ1) is 15.7. The molecule has 7 nitrogen and oxygen atoms in total. The molecule has 0 spiro atoms. The van der Waals surface area contributed by atoms with E-state index < -0.39 is 11.6 Å².